The molecule has 0 N–H and O–H groups in total. The van der Waals surface area contributed by atoms with Crippen molar-refractivity contribution in [2.75, 3.05) is 40.3 Å². The van der Waals surface area contributed by atoms with E-state index in [0.717, 1.165) is 32.4 Å². The molecule has 0 amide bonds. The molecule has 0 aromatic rings. The number of fused-ring (bicyclic) bond motifs is 4. The van der Waals surface area contributed by atoms with Crippen molar-refractivity contribution in [3.8, 4) is 0 Å². The summed E-state index contributed by atoms with van der Waals surface area (Å²) in [5, 5.41) is 0. The maximum atomic E-state index is 12.6. The Morgan fingerprint density at radius 2 is 1.88 bits per heavy atom. The lowest BCUT2D eigenvalue weighted by atomic mass is 9.71. The van der Waals surface area contributed by atoms with Crippen LogP contribution in [0.2, 0.25) is 0 Å². The van der Waals surface area contributed by atoms with Crippen LogP contribution in [0.3, 0.4) is 0 Å². The van der Waals surface area contributed by atoms with E-state index in [1.807, 2.05) is 0 Å². The Morgan fingerprint density at radius 1 is 1.15 bits per heavy atom. The van der Waals surface area contributed by atoms with E-state index in [9.17, 15) is 8.42 Å². The highest BCUT2D eigenvalue weighted by atomic mass is 32.2. The Morgan fingerprint density at radius 3 is 2.54 bits per heavy atom. The zero-order chi connectivity index (χ0) is 19.1. The molecular formula is C20H37N3O2S. The van der Waals surface area contributed by atoms with Gasteiger partial charge in [0.2, 0.25) is 0 Å². The van der Waals surface area contributed by atoms with Gasteiger partial charge in [0.1, 0.15) is 0 Å². The number of hydrogen-bond donors (Lipinski definition) is 0. The quantitative estimate of drug-likeness (QED) is 0.685. The first-order valence-electron chi connectivity index (χ1n) is 10.2. The Balaban J connectivity index is 1.70. The van der Waals surface area contributed by atoms with E-state index >= 15 is 0 Å². The minimum Gasteiger partial charge on any atom is -0.298 e. The topological polar surface area (TPSA) is 43.9 Å². The zero-order valence-electron chi connectivity index (χ0n) is 17.3. The second-order valence-electron chi connectivity index (χ2n) is 9.45. The molecule has 0 radical (unpaired) electrons. The predicted octanol–water partition coefficient (Wildman–Crippen LogP) is 3.11. The molecule has 2 bridgehead atoms. The lowest BCUT2D eigenvalue weighted by molar-refractivity contribution is 0.131. The first-order chi connectivity index (χ1) is 12.1. The van der Waals surface area contributed by atoms with E-state index in [-0.39, 0.29) is 0 Å². The van der Waals surface area contributed by atoms with Gasteiger partial charge in [-0.25, -0.2) is 0 Å². The molecule has 3 heterocycles. The molecule has 1 aliphatic carbocycles. The third-order valence-corrected chi connectivity index (χ3v) is 8.79. The highest BCUT2D eigenvalue weighted by Crippen LogP contribution is 2.42. The second-order valence-corrected chi connectivity index (χ2v) is 11.6. The van der Waals surface area contributed by atoms with Crippen LogP contribution in [-0.2, 0) is 10.2 Å². The summed E-state index contributed by atoms with van der Waals surface area (Å²) in [5.74, 6) is 0.470. The van der Waals surface area contributed by atoms with Crippen molar-refractivity contribution in [2.24, 2.45) is 11.3 Å². The lowest BCUT2D eigenvalue weighted by Gasteiger charge is -2.39. The van der Waals surface area contributed by atoms with E-state index in [4.69, 9.17) is 0 Å². The van der Waals surface area contributed by atoms with Gasteiger partial charge in [0, 0.05) is 46.3 Å². The summed E-state index contributed by atoms with van der Waals surface area (Å²) in [6, 6.07) is 0.371. The largest absolute Gasteiger partial charge is 0.298 e. The van der Waals surface area contributed by atoms with Crippen molar-refractivity contribution in [3.05, 3.63) is 11.1 Å². The third kappa shape index (κ3) is 4.03. The molecule has 26 heavy (non-hydrogen) atoms. The summed E-state index contributed by atoms with van der Waals surface area (Å²) >= 11 is 0. The number of allylic oxidation sites excluding steroid dienone is 1. The van der Waals surface area contributed by atoms with Gasteiger partial charge >= 0.3 is 0 Å². The molecule has 0 aromatic carbocycles. The average molecular weight is 384 g/mol. The number of piperidine rings is 1. The van der Waals surface area contributed by atoms with E-state index in [2.05, 4.69) is 25.7 Å². The molecule has 2 atom stereocenters. The maximum Gasteiger partial charge on any atom is 0.281 e. The summed E-state index contributed by atoms with van der Waals surface area (Å²) < 4.78 is 28.3. The first kappa shape index (κ1) is 20.3. The number of nitrogens with zero attached hydrogens (tertiary/aromatic N) is 3. The highest BCUT2D eigenvalue weighted by molar-refractivity contribution is 7.86. The van der Waals surface area contributed by atoms with E-state index in [1.165, 1.54) is 23.6 Å². The molecule has 0 aromatic heterocycles. The summed E-state index contributed by atoms with van der Waals surface area (Å²) in [7, 11) is -0.0263. The van der Waals surface area contributed by atoms with Gasteiger partial charge in [-0.05, 0) is 56.8 Å². The SMILES string of the molecule is CC1=C(CCN2C[C@H]3CC[C@@H]2CN(S(=O)(=O)N(C)C)C3)C(C)(C)CCC1. The van der Waals surface area contributed by atoms with E-state index in [1.54, 1.807) is 29.5 Å². The molecular weight excluding hydrogens is 346 g/mol. The van der Waals surface area contributed by atoms with Gasteiger partial charge in [0.05, 0.1) is 0 Å². The summed E-state index contributed by atoms with van der Waals surface area (Å²) in [6.45, 7) is 10.6. The van der Waals surface area contributed by atoms with Crippen LogP contribution >= 0.6 is 0 Å². The van der Waals surface area contributed by atoms with E-state index in [0.29, 0.717) is 30.5 Å². The van der Waals surface area contributed by atoms with Crippen molar-refractivity contribution >= 4 is 10.2 Å². The minimum atomic E-state index is -3.30. The van der Waals surface area contributed by atoms with Crippen molar-refractivity contribution in [1.29, 1.82) is 0 Å². The van der Waals surface area contributed by atoms with Crippen molar-refractivity contribution in [2.45, 2.75) is 65.3 Å². The van der Waals surface area contributed by atoms with Crippen LogP contribution in [0.4, 0.5) is 0 Å². The van der Waals surface area contributed by atoms with Crippen molar-refractivity contribution in [1.82, 2.24) is 13.5 Å². The third-order valence-electron chi connectivity index (χ3n) is 6.92. The predicted molar refractivity (Wildman–Crippen MR) is 107 cm³/mol. The van der Waals surface area contributed by atoms with Crippen LogP contribution in [0.5, 0.6) is 0 Å². The van der Waals surface area contributed by atoms with Crippen LogP contribution in [0.1, 0.15) is 59.3 Å². The molecule has 6 heteroatoms. The summed E-state index contributed by atoms with van der Waals surface area (Å²) in [4.78, 5) is 2.59. The molecule has 0 saturated carbocycles. The normalized spacial score (nSPS) is 30.8. The van der Waals surface area contributed by atoms with Gasteiger partial charge in [0.15, 0.2) is 0 Å². The van der Waals surface area contributed by atoms with Crippen molar-refractivity contribution < 1.29 is 8.42 Å². The lowest BCUT2D eigenvalue weighted by Crippen LogP contribution is -2.46. The van der Waals surface area contributed by atoms with Gasteiger partial charge in [-0.3, -0.25) is 4.90 Å². The molecule has 5 nitrogen and oxygen atoms in total. The van der Waals surface area contributed by atoms with Gasteiger partial charge in [-0.1, -0.05) is 25.0 Å². The number of rotatable bonds is 5. The molecule has 0 unspecified atom stereocenters. The number of hydrogen-bond acceptors (Lipinski definition) is 3. The minimum absolute atomic E-state index is 0.327. The van der Waals surface area contributed by atoms with Crippen LogP contribution < -0.4 is 0 Å². The van der Waals surface area contributed by atoms with Gasteiger partial charge < -0.3 is 0 Å². The zero-order valence-corrected chi connectivity index (χ0v) is 18.1. The van der Waals surface area contributed by atoms with Crippen LogP contribution in [0.15, 0.2) is 11.1 Å². The summed E-state index contributed by atoms with van der Waals surface area (Å²) in [5.41, 5.74) is 3.58. The Labute approximate surface area is 160 Å². The monoisotopic (exact) mass is 383 g/mol. The maximum absolute atomic E-state index is 12.6. The molecule has 150 valence electrons. The molecule has 4 rings (SSSR count). The fourth-order valence-corrected chi connectivity index (χ4v) is 6.53. The molecule has 3 saturated heterocycles. The Hall–Kier alpha value is -0.430. The van der Waals surface area contributed by atoms with Gasteiger partial charge in [0.25, 0.3) is 10.2 Å². The Kier molecular flexibility index (Phi) is 5.88. The standard InChI is InChI=1S/C20H37N3O2S/c1-16-7-6-11-20(2,3)19(16)10-12-22-13-17-8-9-18(22)15-23(14-17)26(24,25)21(4)5/h17-18H,6-15H2,1-5H3/t17-,18-/m1/s1. The van der Waals surface area contributed by atoms with Crippen molar-refractivity contribution in [3.63, 3.8) is 0 Å². The van der Waals surface area contributed by atoms with Gasteiger partial charge in [-0.15, -0.1) is 0 Å². The smallest absolute Gasteiger partial charge is 0.281 e. The second kappa shape index (κ2) is 7.53. The molecule has 0 spiro atoms. The van der Waals surface area contributed by atoms with Crippen LogP contribution in [-0.4, -0.2) is 68.2 Å². The van der Waals surface area contributed by atoms with Gasteiger partial charge in [-0.2, -0.15) is 17.0 Å². The fourth-order valence-electron chi connectivity index (χ4n) is 5.31. The van der Waals surface area contributed by atoms with E-state index < -0.39 is 10.2 Å². The molecule has 3 fully saturated rings. The first-order valence-corrected chi connectivity index (χ1v) is 11.6. The summed E-state index contributed by atoms with van der Waals surface area (Å²) in [6.07, 6.45) is 7.29. The van der Waals surface area contributed by atoms with Crippen LogP contribution in [0.25, 0.3) is 0 Å². The average Bonchev–Trinajstić information content (AvgIpc) is 2.86. The highest BCUT2D eigenvalue weighted by Gasteiger charge is 2.40. The molecule has 3 aliphatic heterocycles. The Bertz CT molecular complexity index is 654. The van der Waals surface area contributed by atoms with Crippen LogP contribution in [0, 0.1) is 11.3 Å². The molecule has 4 aliphatic rings. The fraction of sp³-hybridized carbons (Fsp3) is 0.900.